The monoisotopic (exact) mass is 263 g/mol. The molecule has 1 atom stereocenters. The van der Waals surface area contributed by atoms with Gasteiger partial charge in [-0.2, -0.15) is 0 Å². The lowest BCUT2D eigenvalue weighted by atomic mass is 9.87. The Morgan fingerprint density at radius 1 is 1.26 bits per heavy atom. The average molecular weight is 263 g/mol. The zero-order valence-corrected chi connectivity index (χ0v) is 12.2. The van der Waals surface area contributed by atoms with Crippen molar-refractivity contribution in [1.29, 1.82) is 0 Å². The minimum atomic E-state index is 0.365. The molecule has 0 aliphatic heterocycles. The number of methoxy groups -OCH3 is 1. The maximum absolute atomic E-state index is 5.61. The molecule has 1 unspecified atom stereocenters. The van der Waals surface area contributed by atoms with E-state index < -0.39 is 0 Å². The topological polar surface area (TPSA) is 30.5 Å². The first-order valence-corrected chi connectivity index (χ1v) is 7.29. The van der Waals surface area contributed by atoms with Gasteiger partial charge in [-0.3, -0.25) is 0 Å². The van der Waals surface area contributed by atoms with E-state index in [9.17, 15) is 0 Å². The summed E-state index contributed by atoms with van der Waals surface area (Å²) in [4.78, 5) is 0. The van der Waals surface area contributed by atoms with Crippen molar-refractivity contribution in [3.8, 4) is 5.75 Å². The first-order valence-electron chi connectivity index (χ1n) is 7.29. The SMILES string of the molecule is CCOC1CC(NC(CC)c2ccccc2OC)C1. The number of nitrogens with one attached hydrogen (secondary N) is 1. The molecule has 1 aromatic rings. The summed E-state index contributed by atoms with van der Waals surface area (Å²) in [6.45, 7) is 5.09. The van der Waals surface area contributed by atoms with Crippen molar-refractivity contribution < 1.29 is 9.47 Å². The highest BCUT2D eigenvalue weighted by Crippen LogP contribution is 2.31. The molecular weight excluding hydrogens is 238 g/mol. The van der Waals surface area contributed by atoms with Crippen LogP contribution in [0.3, 0.4) is 0 Å². The van der Waals surface area contributed by atoms with Crippen molar-refractivity contribution in [1.82, 2.24) is 5.32 Å². The largest absolute Gasteiger partial charge is 0.496 e. The van der Waals surface area contributed by atoms with Gasteiger partial charge in [0.1, 0.15) is 5.75 Å². The van der Waals surface area contributed by atoms with Crippen LogP contribution >= 0.6 is 0 Å². The van der Waals surface area contributed by atoms with Gasteiger partial charge in [0.05, 0.1) is 13.2 Å². The van der Waals surface area contributed by atoms with Gasteiger partial charge in [-0.05, 0) is 32.3 Å². The molecule has 1 aliphatic carbocycles. The highest BCUT2D eigenvalue weighted by Gasteiger charge is 2.31. The third kappa shape index (κ3) is 3.48. The number of rotatable bonds is 7. The normalized spacial score (nSPS) is 23.7. The molecule has 0 heterocycles. The lowest BCUT2D eigenvalue weighted by Gasteiger charge is -2.38. The first kappa shape index (κ1) is 14.4. The van der Waals surface area contributed by atoms with Gasteiger partial charge < -0.3 is 14.8 Å². The molecule has 3 nitrogen and oxygen atoms in total. The molecule has 0 aromatic heterocycles. The lowest BCUT2D eigenvalue weighted by molar-refractivity contribution is -0.0126. The van der Waals surface area contributed by atoms with Gasteiger partial charge in [0.15, 0.2) is 0 Å². The van der Waals surface area contributed by atoms with Crippen LogP contribution in [0.2, 0.25) is 0 Å². The van der Waals surface area contributed by atoms with Crippen LogP contribution in [0.4, 0.5) is 0 Å². The van der Waals surface area contributed by atoms with E-state index in [2.05, 4.69) is 31.3 Å². The second-order valence-corrected chi connectivity index (χ2v) is 5.12. The second kappa shape index (κ2) is 6.92. The molecule has 1 fully saturated rings. The Bertz CT molecular complexity index is 388. The fourth-order valence-electron chi connectivity index (χ4n) is 2.74. The highest BCUT2D eigenvalue weighted by molar-refractivity contribution is 5.35. The van der Waals surface area contributed by atoms with Gasteiger partial charge in [-0.1, -0.05) is 25.1 Å². The molecule has 3 heteroatoms. The Balaban J connectivity index is 1.94. The van der Waals surface area contributed by atoms with E-state index in [1.165, 1.54) is 5.56 Å². The van der Waals surface area contributed by atoms with Crippen molar-refractivity contribution in [2.75, 3.05) is 13.7 Å². The lowest BCUT2D eigenvalue weighted by Crippen LogP contribution is -2.46. The van der Waals surface area contributed by atoms with Crippen molar-refractivity contribution in [3.63, 3.8) is 0 Å². The van der Waals surface area contributed by atoms with Crippen LogP contribution in [0.25, 0.3) is 0 Å². The van der Waals surface area contributed by atoms with E-state index in [0.29, 0.717) is 18.2 Å². The molecule has 0 bridgehead atoms. The van der Waals surface area contributed by atoms with Crippen LogP contribution in [0.1, 0.15) is 44.7 Å². The van der Waals surface area contributed by atoms with E-state index in [0.717, 1.165) is 31.6 Å². The van der Waals surface area contributed by atoms with E-state index in [4.69, 9.17) is 9.47 Å². The first-order chi connectivity index (χ1) is 9.28. The molecule has 1 aromatic carbocycles. The molecular formula is C16H25NO2. The molecule has 19 heavy (non-hydrogen) atoms. The Morgan fingerprint density at radius 2 is 2.00 bits per heavy atom. The standard InChI is InChI=1S/C16H25NO2/c1-4-15(14-8-6-7-9-16(14)18-3)17-12-10-13(11-12)19-5-2/h6-9,12-13,15,17H,4-5,10-11H2,1-3H3. The zero-order chi connectivity index (χ0) is 13.7. The van der Waals surface area contributed by atoms with Crippen molar-refractivity contribution >= 4 is 0 Å². The quantitative estimate of drug-likeness (QED) is 0.818. The van der Waals surface area contributed by atoms with E-state index in [-0.39, 0.29) is 0 Å². The third-order valence-electron chi connectivity index (χ3n) is 3.86. The maximum atomic E-state index is 5.61. The summed E-state index contributed by atoms with van der Waals surface area (Å²) < 4.78 is 11.1. The van der Waals surface area contributed by atoms with E-state index >= 15 is 0 Å². The summed E-state index contributed by atoms with van der Waals surface area (Å²) in [5, 5.41) is 3.72. The zero-order valence-electron chi connectivity index (χ0n) is 12.2. The number of hydrogen-bond acceptors (Lipinski definition) is 3. The number of benzene rings is 1. The van der Waals surface area contributed by atoms with Crippen molar-refractivity contribution in [3.05, 3.63) is 29.8 Å². The van der Waals surface area contributed by atoms with Gasteiger partial charge >= 0.3 is 0 Å². The van der Waals surface area contributed by atoms with Crippen LogP contribution in [-0.2, 0) is 4.74 Å². The fraction of sp³-hybridized carbons (Fsp3) is 0.625. The predicted octanol–water partition coefficient (Wildman–Crippen LogP) is 3.30. The molecule has 0 spiro atoms. The summed E-state index contributed by atoms with van der Waals surface area (Å²) >= 11 is 0. The predicted molar refractivity (Wildman–Crippen MR) is 77.6 cm³/mol. The summed E-state index contributed by atoms with van der Waals surface area (Å²) in [7, 11) is 1.74. The molecule has 1 N–H and O–H groups in total. The molecule has 0 amide bonds. The Labute approximate surface area is 116 Å². The highest BCUT2D eigenvalue weighted by atomic mass is 16.5. The van der Waals surface area contributed by atoms with Crippen LogP contribution in [-0.4, -0.2) is 25.9 Å². The fourth-order valence-corrected chi connectivity index (χ4v) is 2.74. The van der Waals surface area contributed by atoms with Crippen molar-refractivity contribution in [2.24, 2.45) is 0 Å². The Kier molecular flexibility index (Phi) is 5.23. The molecule has 0 radical (unpaired) electrons. The number of ether oxygens (including phenoxy) is 2. The Hall–Kier alpha value is -1.06. The van der Waals surface area contributed by atoms with Crippen LogP contribution < -0.4 is 10.1 Å². The van der Waals surface area contributed by atoms with Gasteiger partial charge in [0, 0.05) is 24.3 Å². The maximum Gasteiger partial charge on any atom is 0.123 e. The minimum absolute atomic E-state index is 0.365. The summed E-state index contributed by atoms with van der Waals surface area (Å²) in [5.74, 6) is 0.975. The van der Waals surface area contributed by atoms with E-state index in [1.54, 1.807) is 7.11 Å². The van der Waals surface area contributed by atoms with Crippen molar-refractivity contribution in [2.45, 2.75) is 51.3 Å². The van der Waals surface area contributed by atoms with Gasteiger partial charge in [-0.15, -0.1) is 0 Å². The molecule has 1 saturated carbocycles. The summed E-state index contributed by atoms with van der Waals surface area (Å²) in [6.07, 6.45) is 3.77. The van der Waals surface area contributed by atoms with Gasteiger partial charge in [0.2, 0.25) is 0 Å². The molecule has 106 valence electrons. The van der Waals surface area contributed by atoms with Crippen LogP contribution in [0.5, 0.6) is 5.75 Å². The van der Waals surface area contributed by atoms with E-state index in [1.807, 2.05) is 12.1 Å². The average Bonchev–Trinajstić information content (AvgIpc) is 2.41. The molecule has 1 aliphatic rings. The number of hydrogen-bond donors (Lipinski definition) is 1. The molecule has 2 rings (SSSR count). The minimum Gasteiger partial charge on any atom is -0.496 e. The summed E-state index contributed by atoms with van der Waals surface area (Å²) in [6, 6.07) is 9.22. The second-order valence-electron chi connectivity index (χ2n) is 5.12. The molecule has 0 saturated heterocycles. The number of para-hydroxylation sites is 1. The Morgan fingerprint density at radius 3 is 2.63 bits per heavy atom. The smallest absolute Gasteiger partial charge is 0.123 e. The van der Waals surface area contributed by atoms with Crippen LogP contribution in [0, 0.1) is 0 Å². The van der Waals surface area contributed by atoms with Crippen LogP contribution in [0.15, 0.2) is 24.3 Å². The third-order valence-corrected chi connectivity index (χ3v) is 3.86. The van der Waals surface area contributed by atoms with Gasteiger partial charge in [0.25, 0.3) is 0 Å². The van der Waals surface area contributed by atoms with Gasteiger partial charge in [-0.25, -0.2) is 0 Å². The summed E-state index contributed by atoms with van der Waals surface area (Å²) in [5.41, 5.74) is 1.26.